The zero-order valence-electron chi connectivity index (χ0n) is 16.6. The van der Waals surface area contributed by atoms with Gasteiger partial charge in [0.1, 0.15) is 34.5 Å². The fourth-order valence-electron chi connectivity index (χ4n) is 3.69. The molecule has 2 aromatic rings. The quantitative estimate of drug-likeness (QED) is 0.779. The molecule has 0 fully saturated rings. The van der Waals surface area contributed by atoms with Crippen LogP contribution in [0.3, 0.4) is 0 Å². The van der Waals surface area contributed by atoms with Gasteiger partial charge in [0.25, 0.3) is 0 Å². The number of hydrogen-bond donors (Lipinski definition) is 1. The first kappa shape index (κ1) is 18.4. The minimum absolute atomic E-state index is 0.127. The largest absolute Gasteiger partial charge is 0.506 e. The zero-order chi connectivity index (χ0) is 20.2. The highest BCUT2D eigenvalue weighted by Gasteiger charge is 2.40. The molecule has 4 heteroatoms. The third kappa shape index (κ3) is 2.71. The van der Waals surface area contributed by atoms with Crippen LogP contribution in [0.15, 0.2) is 43.0 Å². The molecule has 2 heterocycles. The van der Waals surface area contributed by atoms with Gasteiger partial charge >= 0.3 is 0 Å². The third-order valence-corrected chi connectivity index (χ3v) is 5.53. The van der Waals surface area contributed by atoms with Crippen molar-refractivity contribution in [3.63, 3.8) is 0 Å². The maximum atomic E-state index is 13.0. The van der Waals surface area contributed by atoms with Gasteiger partial charge in [-0.25, -0.2) is 0 Å². The zero-order valence-corrected chi connectivity index (χ0v) is 16.6. The normalized spacial score (nSPS) is 21.9. The van der Waals surface area contributed by atoms with E-state index in [1.807, 2.05) is 70.2 Å². The smallest absolute Gasteiger partial charge is 0.176 e. The van der Waals surface area contributed by atoms with Crippen LogP contribution in [0.5, 0.6) is 17.2 Å². The van der Waals surface area contributed by atoms with Crippen molar-refractivity contribution in [1.82, 2.24) is 0 Å². The van der Waals surface area contributed by atoms with Crippen LogP contribution in [-0.4, -0.2) is 22.6 Å². The summed E-state index contributed by atoms with van der Waals surface area (Å²) in [5, 5.41) is 11.2. The third-order valence-electron chi connectivity index (χ3n) is 5.53. The minimum atomic E-state index is -0.559. The summed E-state index contributed by atoms with van der Waals surface area (Å²) in [6.45, 7) is 11.8. The van der Waals surface area contributed by atoms with E-state index in [0.29, 0.717) is 28.2 Å². The molecule has 2 aliphatic heterocycles. The standard InChI is InChI=1S/C24H24O4/c1-13-15(3)27-22-17-11-12-24(4,5)28-23(17)18(21(26)19(22)20(13)25)14(2)16-9-7-6-8-10-16/h6-13,15,26H,2H2,1,3-5H3/t13-,15+/m1/s1. The lowest BCUT2D eigenvalue weighted by Crippen LogP contribution is -2.35. The molecular formula is C24H24O4. The molecule has 2 aliphatic rings. The van der Waals surface area contributed by atoms with Crippen LogP contribution in [0.4, 0.5) is 0 Å². The van der Waals surface area contributed by atoms with E-state index in [9.17, 15) is 9.90 Å². The maximum absolute atomic E-state index is 13.0. The van der Waals surface area contributed by atoms with Crippen molar-refractivity contribution in [2.45, 2.75) is 39.4 Å². The van der Waals surface area contributed by atoms with E-state index in [1.54, 1.807) is 0 Å². The monoisotopic (exact) mass is 376 g/mol. The van der Waals surface area contributed by atoms with E-state index < -0.39 is 5.60 Å². The first-order valence-electron chi connectivity index (χ1n) is 9.48. The second-order valence-electron chi connectivity index (χ2n) is 8.03. The number of fused-ring (bicyclic) bond motifs is 3. The number of carbonyl (C=O) groups excluding carboxylic acids is 1. The summed E-state index contributed by atoms with van der Waals surface area (Å²) in [5.74, 6) is 0.276. The van der Waals surface area contributed by atoms with Crippen LogP contribution < -0.4 is 9.47 Å². The van der Waals surface area contributed by atoms with Crippen molar-refractivity contribution in [2.24, 2.45) is 5.92 Å². The number of phenols is 1. The number of ketones is 1. The summed E-state index contributed by atoms with van der Waals surface area (Å²) in [6, 6.07) is 9.57. The maximum Gasteiger partial charge on any atom is 0.176 e. The summed E-state index contributed by atoms with van der Waals surface area (Å²) in [5.41, 5.74) is 2.22. The molecule has 0 saturated heterocycles. The van der Waals surface area contributed by atoms with Crippen molar-refractivity contribution in [3.8, 4) is 17.2 Å². The van der Waals surface area contributed by atoms with Gasteiger partial charge in [0, 0.05) is 0 Å². The highest BCUT2D eigenvalue weighted by molar-refractivity contribution is 6.08. The number of ether oxygens (including phenoxy) is 2. The highest BCUT2D eigenvalue weighted by atomic mass is 16.5. The molecule has 4 rings (SSSR count). The summed E-state index contributed by atoms with van der Waals surface area (Å²) in [4.78, 5) is 13.0. The SMILES string of the molecule is C=C(c1ccccc1)c1c(O)c2c(c3c1OC(C)(C)C=C3)O[C@@H](C)[C@@H](C)C2=O. The van der Waals surface area contributed by atoms with E-state index in [0.717, 1.165) is 5.56 Å². The summed E-state index contributed by atoms with van der Waals surface area (Å²) >= 11 is 0. The Kier molecular flexibility index (Phi) is 4.11. The van der Waals surface area contributed by atoms with Crippen molar-refractivity contribution in [3.05, 3.63) is 65.2 Å². The Bertz CT molecular complexity index is 1010. The van der Waals surface area contributed by atoms with Gasteiger partial charge < -0.3 is 14.6 Å². The van der Waals surface area contributed by atoms with Crippen LogP contribution in [0.1, 0.15) is 54.7 Å². The lowest BCUT2D eigenvalue weighted by atomic mass is 9.84. The average molecular weight is 376 g/mol. The number of Topliss-reactive ketones (excluding diaryl/α,β-unsaturated/α-hetero) is 1. The minimum Gasteiger partial charge on any atom is -0.506 e. The summed E-state index contributed by atoms with van der Waals surface area (Å²) < 4.78 is 12.3. The second-order valence-corrected chi connectivity index (χ2v) is 8.03. The van der Waals surface area contributed by atoms with E-state index in [1.165, 1.54) is 0 Å². The van der Waals surface area contributed by atoms with E-state index >= 15 is 0 Å². The first-order valence-corrected chi connectivity index (χ1v) is 9.48. The molecule has 2 aromatic carbocycles. The van der Waals surface area contributed by atoms with Gasteiger partial charge in [-0.1, -0.05) is 43.8 Å². The Morgan fingerprint density at radius 3 is 2.50 bits per heavy atom. The van der Waals surface area contributed by atoms with Gasteiger partial charge in [-0.3, -0.25) is 4.79 Å². The molecule has 4 nitrogen and oxygen atoms in total. The van der Waals surface area contributed by atoms with Gasteiger partial charge in [0.05, 0.1) is 17.0 Å². The van der Waals surface area contributed by atoms with Crippen LogP contribution in [-0.2, 0) is 0 Å². The fraction of sp³-hybridized carbons (Fsp3) is 0.292. The number of carbonyl (C=O) groups is 1. The number of benzene rings is 2. The number of hydrogen-bond acceptors (Lipinski definition) is 4. The van der Waals surface area contributed by atoms with Gasteiger partial charge in [-0.2, -0.15) is 0 Å². The van der Waals surface area contributed by atoms with E-state index in [-0.39, 0.29) is 29.1 Å². The lowest BCUT2D eigenvalue weighted by Gasteiger charge is -2.35. The van der Waals surface area contributed by atoms with E-state index in [2.05, 4.69) is 6.58 Å². The molecule has 144 valence electrons. The van der Waals surface area contributed by atoms with Gasteiger partial charge in [-0.05, 0) is 44.1 Å². The predicted molar refractivity (Wildman–Crippen MR) is 110 cm³/mol. The Labute approximate surface area is 165 Å². The first-order chi connectivity index (χ1) is 13.2. The Morgan fingerprint density at radius 2 is 1.82 bits per heavy atom. The lowest BCUT2D eigenvalue weighted by molar-refractivity contribution is 0.0720. The molecule has 0 saturated carbocycles. The molecule has 0 radical (unpaired) electrons. The topological polar surface area (TPSA) is 55.8 Å². The van der Waals surface area contributed by atoms with Crippen molar-refractivity contribution >= 4 is 17.4 Å². The Balaban J connectivity index is 2.03. The highest BCUT2D eigenvalue weighted by Crippen LogP contribution is 2.52. The fourth-order valence-corrected chi connectivity index (χ4v) is 3.69. The Morgan fingerprint density at radius 1 is 1.14 bits per heavy atom. The number of phenolic OH excluding ortho intramolecular Hbond substituents is 1. The molecule has 2 atom stereocenters. The van der Waals surface area contributed by atoms with Gasteiger partial charge in [0.2, 0.25) is 0 Å². The van der Waals surface area contributed by atoms with E-state index in [4.69, 9.17) is 9.47 Å². The van der Waals surface area contributed by atoms with Crippen molar-refractivity contribution in [2.75, 3.05) is 0 Å². The van der Waals surface area contributed by atoms with Gasteiger partial charge in [-0.15, -0.1) is 0 Å². The molecule has 0 amide bonds. The van der Waals surface area contributed by atoms with Crippen LogP contribution in [0.2, 0.25) is 0 Å². The Hall–Kier alpha value is -3.01. The number of aromatic hydroxyl groups is 1. The number of rotatable bonds is 2. The molecule has 0 spiro atoms. The van der Waals surface area contributed by atoms with Crippen LogP contribution >= 0.6 is 0 Å². The molecular weight excluding hydrogens is 352 g/mol. The summed E-state index contributed by atoms with van der Waals surface area (Å²) in [7, 11) is 0. The average Bonchev–Trinajstić information content (AvgIpc) is 2.65. The molecule has 0 aromatic heterocycles. The van der Waals surface area contributed by atoms with Crippen LogP contribution in [0.25, 0.3) is 11.6 Å². The molecule has 0 bridgehead atoms. The van der Waals surface area contributed by atoms with Crippen molar-refractivity contribution < 1.29 is 19.4 Å². The predicted octanol–water partition coefficient (Wildman–Crippen LogP) is 5.24. The molecule has 28 heavy (non-hydrogen) atoms. The molecule has 0 aliphatic carbocycles. The van der Waals surface area contributed by atoms with Crippen molar-refractivity contribution in [1.29, 1.82) is 0 Å². The molecule has 0 unspecified atom stereocenters. The second kappa shape index (κ2) is 6.26. The summed E-state index contributed by atoms with van der Waals surface area (Å²) in [6.07, 6.45) is 3.56. The van der Waals surface area contributed by atoms with Gasteiger partial charge in [0.15, 0.2) is 5.78 Å². The van der Waals surface area contributed by atoms with Crippen LogP contribution in [0, 0.1) is 5.92 Å². The molecule has 1 N–H and O–H groups in total.